The van der Waals surface area contributed by atoms with E-state index in [0.717, 1.165) is 107 Å². The maximum Gasteiger partial charge on any atom is 0.261 e. The Morgan fingerprint density at radius 2 is 1.16 bits per heavy atom. The summed E-state index contributed by atoms with van der Waals surface area (Å²) in [6.45, 7) is 4.37. The molecule has 6 aromatic carbocycles. The van der Waals surface area contributed by atoms with E-state index in [1.54, 1.807) is 6.07 Å². The topological polar surface area (TPSA) is 87.3 Å². The van der Waals surface area contributed by atoms with E-state index < -0.39 is 11.1 Å². The van der Waals surface area contributed by atoms with Gasteiger partial charge in [0.15, 0.2) is 0 Å². The van der Waals surface area contributed by atoms with Gasteiger partial charge in [0.25, 0.3) is 22.9 Å². The van der Waals surface area contributed by atoms with E-state index in [9.17, 15) is 19.2 Å². The lowest BCUT2D eigenvalue weighted by atomic mass is 9.80. The molecule has 6 heteroatoms. The minimum Gasteiger partial charge on any atom is -0.288 e. The molecule has 1 N–H and O–H groups in total. The summed E-state index contributed by atoms with van der Waals surface area (Å²) in [5, 5.41) is 9.28. The molecule has 8 rings (SSSR count). The van der Waals surface area contributed by atoms with Gasteiger partial charge in [0.2, 0.25) is 0 Å². The number of fused-ring (bicyclic) bond motifs is 4. The Labute approximate surface area is 260 Å². The van der Waals surface area contributed by atoms with E-state index in [0.29, 0.717) is 32.7 Å². The number of nitrogens with zero attached hydrogens (tertiary/aromatic N) is 1. The molecule has 1 aliphatic heterocycles. The highest BCUT2D eigenvalue weighted by atomic mass is 16.2. The van der Waals surface area contributed by atoms with Crippen molar-refractivity contribution in [2.24, 2.45) is 0 Å². The van der Waals surface area contributed by atoms with Gasteiger partial charge in [-0.25, -0.2) is 0 Å². The normalized spacial score (nSPS) is 14.0. The molecular weight excluding hydrogens is 560 g/mol. The van der Waals surface area contributed by atoms with Crippen LogP contribution in [0.4, 0.5) is 0 Å². The van der Waals surface area contributed by atoms with Crippen LogP contribution in [-0.2, 0) is 0 Å². The number of rotatable bonds is 11. The van der Waals surface area contributed by atoms with Crippen LogP contribution < -0.4 is 11.1 Å². The largest absolute Gasteiger partial charge is 0.288 e. The van der Waals surface area contributed by atoms with E-state index in [4.69, 9.17) is 0 Å². The summed E-state index contributed by atoms with van der Waals surface area (Å²) in [6.07, 6.45) is 10.2. The molecule has 0 fully saturated rings. The summed E-state index contributed by atoms with van der Waals surface area (Å²) >= 11 is 0. The summed E-state index contributed by atoms with van der Waals surface area (Å²) in [5.41, 5.74) is 0.129. The zero-order valence-corrected chi connectivity index (χ0v) is 25.8. The van der Waals surface area contributed by atoms with Crippen molar-refractivity contribution in [3.63, 3.8) is 0 Å². The zero-order valence-electron chi connectivity index (χ0n) is 25.8. The van der Waals surface area contributed by atoms with Crippen LogP contribution in [0.1, 0.15) is 98.8 Å². The van der Waals surface area contributed by atoms with Crippen LogP contribution in [0.2, 0.25) is 0 Å². The first-order valence-corrected chi connectivity index (χ1v) is 16.6. The second-order valence-corrected chi connectivity index (χ2v) is 13.0. The molecule has 0 bridgehead atoms. The number of amides is 2. The fourth-order valence-electron chi connectivity index (χ4n) is 8.33. The molecule has 7 aromatic rings. The summed E-state index contributed by atoms with van der Waals surface area (Å²) in [5.74, 6) is -0.519. The summed E-state index contributed by atoms with van der Waals surface area (Å²) in [6, 6.07) is 15.6. The van der Waals surface area contributed by atoms with Crippen molar-refractivity contribution < 1.29 is 9.59 Å². The van der Waals surface area contributed by atoms with Gasteiger partial charge in [-0.15, -0.1) is 0 Å². The lowest BCUT2D eigenvalue weighted by Gasteiger charge is -2.35. The van der Waals surface area contributed by atoms with Gasteiger partial charge in [-0.1, -0.05) is 102 Å². The van der Waals surface area contributed by atoms with Gasteiger partial charge < -0.3 is 0 Å². The molecule has 0 spiro atoms. The molecule has 0 unspecified atom stereocenters. The van der Waals surface area contributed by atoms with E-state index in [-0.39, 0.29) is 17.9 Å². The SMILES string of the molecule is CCCCCCC(CCCCCC)N1C(=O)c2ccc3c4cccc5ccc6c7c(=O)[nH]c(=O)c7c7cc(c2c3c7c6c54)C1=O. The number of benzene rings is 6. The van der Waals surface area contributed by atoms with Crippen molar-refractivity contribution in [3.05, 3.63) is 80.4 Å². The van der Waals surface area contributed by atoms with Crippen LogP contribution in [0.3, 0.4) is 0 Å². The smallest absolute Gasteiger partial charge is 0.261 e. The highest BCUT2D eigenvalue weighted by molar-refractivity contribution is 6.47. The van der Waals surface area contributed by atoms with Crippen LogP contribution in [0.15, 0.2) is 58.1 Å². The third kappa shape index (κ3) is 3.87. The molecule has 6 nitrogen and oxygen atoms in total. The van der Waals surface area contributed by atoms with Crippen LogP contribution in [0.5, 0.6) is 0 Å². The van der Waals surface area contributed by atoms with E-state index in [1.807, 2.05) is 30.3 Å². The van der Waals surface area contributed by atoms with Gasteiger partial charge in [-0.3, -0.25) is 29.1 Å². The fourth-order valence-corrected chi connectivity index (χ4v) is 8.33. The molecule has 0 aliphatic carbocycles. The molecule has 2 amide bonds. The van der Waals surface area contributed by atoms with Crippen LogP contribution in [-0.4, -0.2) is 27.7 Å². The number of nitrogens with one attached hydrogen (secondary N) is 1. The Morgan fingerprint density at radius 1 is 0.556 bits per heavy atom. The lowest BCUT2D eigenvalue weighted by Crippen LogP contribution is -2.47. The fraction of sp³-hybridized carbons (Fsp3) is 0.333. The quantitative estimate of drug-likeness (QED) is 0.0699. The average Bonchev–Trinajstić information content (AvgIpc) is 3.35. The molecule has 0 saturated carbocycles. The molecule has 2 heterocycles. The molecule has 0 saturated heterocycles. The van der Waals surface area contributed by atoms with Gasteiger partial charge in [-0.05, 0) is 73.5 Å². The molecule has 1 aromatic heterocycles. The van der Waals surface area contributed by atoms with Gasteiger partial charge in [0.1, 0.15) is 0 Å². The standard InChI is InChI=1S/C39H36N2O4/c1-3-5-7-9-13-22(14-10-8-6-4-2)41-38(44)26-19-18-24-23-15-11-12-21-16-17-25-32(29(21)23)33-27(35-34(25)36(42)40-37(35)43)20-28(39(41)45)30(26)31(24)33/h11-12,15-20,22H,3-10,13-14H2,1-2H3,(H,40,42,43). The Kier molecular flexibility index (Phi) is 6.52. The predicted molar refractivity (Wildman–Crippen MR) is 184 cm³/mol. The molecule has 0 radical (unpaired) electrons. The third-order valence-electron chi connectivity index (χ3n) is 10.4. The Hall–Kier alpha value is -4.58. The number of hydrogen-bond acceptors (Lipinski definition) is 4. The van der Waals surface area contributed by atoms with Crippen LogP contribution >= 0.6 is 0 Å². The highest BCUT2D eigenvalue weighted by Gasteiger charge is 2.39. The van der Waals surface area contributed by atoms with Crippen molar-refractivity contribution in [1.29, 1.82) is 0 Å². The monoisotopic (exact) mass is 596 g/mol. The number of imide groups is 1. The van der Waals surface area contributed by atoms with Crippen molar-refractivity contribution in [2.45, 2.75) is 84.1 Å². The minimum absolute atomic E-state index is 0.183. The van der Waals surface area contributed by atoms with Gasteiger partial charge >= 0.3 is 0 Å². The highest BCUT2D eigenvalue weighted by Crippen LogP contribution is 2.49. The predicted octanol–water partition coefficient (Wildman–Crippen LogP) is 8.87. The number of aromatic nitrogens is 1. The Balaban J connectivity index is 1.43. The number of carbonyl (C=O) groups excluding carboxylic acids is 2. The third-order valence-corrected chi connectivity index (χ3v) is 10.4. The lowest BCUT2D eigenvalue weighted by molar-refractivity contribution is 0.0517. The van der Waals surface area contributed by atoms with Crippen molar-refractivity contribution >= 4 is 76.4 Å². The van der Waals surface area contributed by atoms with Gasteiger partial charge in [-0.2, -0.15) is 0 Å². The second kappa shape index (κ2) is 10.5. The summed E-state index contributed by atoms with van der Waals surface area (Å²) < 4.78 is 0. The van der Waals surface area contributed by atoms with Gasteiger partial charge in [0, 0.05) is 22.6 Å². The molecule has 226 valence electrons. The average molecular weight is 597 g/mol. The first kappa shape index (κ1) is 27.9. The second-order valence-electron chi connectivity index (χ2n) is 13.0. The van der Waals surface area contributed by atoms with E-state index in [1.165, 1.54) is 4.90 Å². The van der Waals surface area contributed by atoms with Crippen molar-refractivity contribution in [2.75, 3.05) is 0 Å². The zero-order chi connectivity index (χ0) is 31.0. The molecule has 45 heavy (non-hydrogen) atoms. The number of hydrogen-bond donors (Lipinski definition) is 1. The summed E-state index contributed by atoms with van der Waals surface area (Å²) in [7, 11) is 0. The minimum atomic E-state index is -0.443. The van der Waals surface area contributed by atoms with Gasteiger partial charge in [0.05, 0.1) is 10.8 Å². The Bertz CT molecular complexity index is 2390. The van der Waals surface area contributed by atoms with Crippen LogP contribution in [0, 0.1) is 0 Å². The summed E-state index contributed by atoms with van der Waals surface area (Å²) in [4.78, 5) is 59.8. The number of aromatic amines is 1. The number of H-pyrrole nitrogens is 1. The number of unbranched alkanes of at least 4 members (excludes halogenated alkanes) is 6. The maximum atomic E-state index is 14.6. The van der Waals surface area contributed by atoms with E-state index >= 15 is 0 Å². The first-order chi connectivity index (χ1) is 22.0. The molecule has 0 atom stereocenters. The Morgan fingerprint density at radius 3 is 1.87 bits per heavy atom. The maximum absolute atomic E-state index is 14.6. The van der Waals surface area contributed by atoms with Crippen molar-refractivity contribution in [3.8, 4) is 0 Å². The first-order valence-electron chi connectivity index (χ1n) is 16.6. The number of carbonyl (C=O) groups is 2. The van der Waals surface area contributed by atoms with Crippen LogP contribution in [0.25, 0.3) is 64.6 Å². The van der Waals surface area contributed by atoms with E-state index in [2.05, 4.69) is 31.0 Å². The van der Waals surface area contributed by atoms with Crippen molar-refractivity contribution in [1.82, 2.24) is 9.88 Å². The molecule has 1 aliphatic rings. The molecular formula is C39H36N2O4.